The average Bonchev–Trinajstić information content (AvgIpc) is 3.07. The maximum atomic E-state index is 12.2. The summed E-state index contributed by atoms with van der Waals surface area (Å²) in [6, 6.07) is 7.58. The van der Waals surface area contributed by atoms with E-state index >= 15 is 0 Å². The fourth-order valence-corrected chi connectivity index (χ4v) is 2.40. The van der Waals surface area contributed by atoms with Crippen molar-refractivity contribution in [2.75, 3.05) is 27.2 Å². The number of nitrogens with one attached hydrogen (secondary N) is 3. The number of carbonyl (C=O) groups is 1. The molecule has 0 spiro atoms. The third kappa shape index (κ3) is 6.34. The van der Waals surface area contributed by atoms with Gasteiger partial charge in [-0.3, -0.25) is 9.79 Å². The summed E-state index contributed by atoms with van der Waals surface area (Å²) in [5, 5.41) is 9.06. The van der Waals surface area contributed by atoms with Crippen LogP contribution in [-0.4, -0.2) is 45.2 Å². The summed E-state index contributed by atoms with van der Waals surface area (Å²) in [5.41, 5.74) is 1.69. The molecule has 0 aromatic heterocycles. The van der Waals surface area contributed by atoms with Crippen LogP contribution in [0.3, 0.4) is 0 Å². The van der Waals surface area contributed by atoms with Gasteiger partial charge in [0.25, 0.3) is 5.91 Å². The lowest BCUT2D eigenvalue weighted by Crippen LogP contribution is -2.34. The number of aliphatic imine (C=N–C) groups is 1. The Morgan fingerprint density at radius 2 is 2.22 bits per heavy atom. The van der Waals surface area contributed by atoms with Crippen molar-refractivity contribution in [3.63, 3.8) is 0 Å². The molecule has 0 saturated carbocycles. The standard InChI is InChI=1S/C16H24N4O2.HI/c1-17-16(18-2)20-10-12-5-3-6-13(9-12)15(21)19-11-14-7-4-8-22-14;/h3,5-6,9,14H,4,7-8,10-11H2,1-2H3,(H,19,21)(H2,17,18,20);1H. The van der Waals surface area contributed by atoms with Crippen molar-refractivity contribution in [3.8, 4) is 0 Å². The minimum Gasteiger partial charge on any atom is -0.376 e. The van der Waals surface area contributed by atoms with Crippen LogP contribution in [-0.2, 0) is 11.3 Å². The van der Waals surface area contributed by atoms with E-state index in [-0.39, 0.29) is 36.0 Å². The normalized spacial score (nSPS) is 17.3. The van der Waals surface area contributed by atoms with Crippen LogP contribution in [0.1, 0.15) is 28.8 Å². The van der Waals surface area contributed by atoms with Crippen LogP contribution in [0, 0.1) is 0 Å². The van der Waals surface area contributed by atoms with Gasteiger partial charge in [-0.2, -0.15) is 0 Å². The molecule has 1 atom stereocenters. The third-order valence-corrected chi connectivity index (χ3v) is 3.62. The summed E-state index contributed by atoms with van der Waals surface area (Å²) < 4.78 is 5.51. The van der Waals surface area contributed by atoms with Gasteiger partial charge in [0.1, 0.15) is 0 Å². The van der Waals surface area contributed by atoms with Crippen molar-refractivity contribution in [2.45, 2.75) is 25.5 Å². The summed E-state index contributed by atoms with van der Waals surface area (Å²) in [4.78, 5) is 16.2. The topological polar surface area (TPSA) is 74.8 Å². The molecule has 1 saturated heterocycles. The zero-order valence-electron chi connectivity index (χ0n) is 13.6. The van der Waals surface area contributed by atoms with E-state index in [4.69, 9.17) is 4.74 Å². The number of carbonyl (C=O) groups excluding carboxylic acids is 1. The monoisotopic (exact) mass is 432 g/mol. The van der Waals surface area contributed by atoms with E-state index in [2.05, 4.69) is 20.9 Å². The van der Waals surface area contributed by atoms with Gasteiger partial charge in [-0.15, -0.1) is 24.0 Å². The highest BCUT2D eigenvalue weighted by atomic mass is 127. The summed E-state index contributed by atoms with van der Waals surface area (Å²) >= 11 is 0. The molecule has 1 aliphatic heterocycles. The Morgan fingerprint density at radius 3 is 2.87 bits per heavy atom. The van der Waals surface area contributed by atoms with Gasteiger partial charge in [0.05, 0.1) is 6.10 Å². The van der Waals surface area contributed by atoms with Crippen molar-refractivity contribution in [1.82, 2.24) is 16.0 Å². The van der Waals surface area contributed by atoms with Gasteiger partial charge >= 0.3 is 0 Å². The summed E-state index contributed by atoms with van der Waals surface area (Å²) in [5.74, 6) is 0.656. The van der Waals surface area contributed by atoms with Crippen molar-refractivity contribution < 1.29 is 9.53 Å². The number of hydrogen-bond donors (Lipinski definition) is 3. The van der Waals surface area contributed by atoms with E-state index in [1.807, 2.05) is 31.3 Å². The van der Waals surface area contributed by atoms with Gasteiger partial charge in [0.2, 0.25) is 0 Å². The van der Waals surface area contributed by atoms with Gasteiger partial charge in [-0.05, 0) is 30.5 Å². The van der Waals surface area contributed by atoms with Crippen LogP contribution in [0.15, 0.2) is 29.3 Å². The molecule has 0 aliphatic carbocycles. The second kappa shape index (κ2) is 10.4. The molecule has 23 heavy (non-hydrogen) atoms. The van der Waals surface area contributed by atoms with Crippen LogP contribution in [0.2, 0.25) is 0 Å². The molecule has 2 rings (SSSR count). The number of amides is 1. The van der Waals surface area contributed by atoms with E-state index in [0.29, 0.717) is 24.6 Å². The molecule has 1 aliphatic rings. The SMILES string of the molecule is CN=C(NC)NCc1cccc(C(=O)NCC2CCCO2)c1.I. The highest BCUT2D eigenvalue weighted by Crippen LogP contribution is 2.11. The number of nitrogens with zero attached hydrogens (tertiary/aromatic N) is 1. The number of ether oxygens (including phenoxy) is 1. The quantitative estimate of drug-likeness (QED) is 0.375. The van der Waals surface area contributed by atoms with Crippen LogP contribution in [0.4, 0.5) is 0 Å². The Morgan fingerprint density at radius 1 is 1.39 bits per heavy atom. The van der Waals surface area contributed by atoms with Crippen LogP contribution >= 0.6 is 24.0 Å². The van der Waals surface area contributed by atoms with Crippen LogP contribution in [0.5, 0.6) is 0 Å². The zero-order valence-corrected chi connectivity index (χ0v) is 15.9. The molecule has 1 fully saturated rings. The molecule has 128 valence electrons. The second-order valence-electron chi connectivity index (χ2n) is 5.22. The molecule has 1 aromatic carbocycles. The van der Waals surface area contributed by atoms with Gasteiger partial charge < -0.3 is 20.7 Å². The predicted molar refractivity (Wildman–Crippen MR) is 102 cm³/mol. The lowest BCUT2D eigenvalue weighted by molar-refractivity contribution is 0.0857. The zero-order chi connectivity index (χ0) is 15.8. The van der Waals surface area contributed by atoms with E-state index in [1.165, 1.54) is 0 Å². The lowest BCUT2D eigenvalue weighted by Gasteiger charge is -2.12. The Bertz CT molecular complexity index is 531. The van der Waals surface area contributed by atoms with Gasteiger partial charge in [0.15, 0.2) is 5.96 Å². The highest BCUT2D eigenvalue weighted by Gasteiger charge is 2.16. The van der Waals surface area contributed by atoms with Gasteiger partial charge in [0, 0.05) is 39.4 Å². The number of guanidine groups is 1. The fraction of sp³-hybridized carbons (Fsp3) is 0.500. The van der Waals surface area contributed by atoms with Crippen LogP contribution < -0.4 is 16.0 Å². The molecule has 1 amide bonds. The van der Waals surface area contributed by atoms with Gasteiger partial charge in [-0.25, -0.2) is 0 Å². The number of hydrogen-bond acceptors (Lipinski definition) is 3. The molecule has 7 heteroatoms. The molecule has 0 radical (unpaired) electrons. The lowest BCUT2D eigenvalue weighted by atomic mass is 10.1. The molecule has 1 aromatic rings. The first kappa shape index (κ1) is 19.7. The molecule has 0 bridgehead atoms. The number of benzene rings is 1. The third-order valence-electron chi connectivity index (χ3n) is 3.62. The maximum Gasteiger partial charge on any atom is 0.251 e. The van der Waals surface area contributed by atoms with E-state index in [0.717, 1.165) is 25.0 Å². The first-order valence-corrected chi connectivity index (χ1v) is 7.60. The van der Waals surface area contributed by atoms with Crippen molar-refractivity contribution >= 4 is 35.8 Å². The minimum absolute atomic E-state index is 0. The fourth-order valence-electron chi connectivity index (χ4n) is 2.40. The number of rotatable bonds is 5. The molecule has 6 nitrogen and oxygen atoms in total. The largest absolute Gasteiger partial charge is 0.376 e. The number of halogens is 1. The first-order valence-electron chi connectivity index (χ1n) is 7.60. The van der Waals surface area contributed by atoms with E-state index < -0.39 is 0 Å². The van der Waals surface area contributed by atoms with Crippen molar-refractivity contribution in [3.05, 3.63) is 35.4 Å². The predicted octanol–water partition coefficient (Wildman–Crippen LogP) is 1.51. The van der Waals surface area contributed by atoms with Crippen molar-refractivity contribution in [2.24, 2.45) is 4.99 Å². The summed E-state index contributed by atoms with van der Waals surface area (Å²) in [6.45, 7) is 1.99. The first-order chi connectivity index (χ1) is 10.7. The molecular formula is C16H25IN4O2. The molecule has 3 N–H and O–H groups in total. The summed E-state index contributed by atoms with van der Waals surface area (Å²) in [6.07, 6.45) is 2.26. The molecule has 1 unspecified atom stereocenters. The summed E-state index contributed by atoms with van der Waals surface area (Å²) in [7, 11) is 3.53. The smallest absolute Gasteiger partial charge is 0.251 e. The Balaban J connectivity index is 0.00000264. The van der Waals surface area contributed by atoms with E-state index in [1.54, 1.807) is 7.05 Å². The van der Waals surface area contributed by atoms with Crippen molar-refractivity contribution in [1.29, 1.82) is 0 Å². The van der Waals surface area contributed by atoms with Crippen LogP contribution in [0.25, 0.3) is 0 Å². The average molecular weight is 432 g/mol. The van der Waals surface area contributed by atoms with Gasteiger partial charge in [-0.1, -0.05) is 12.1 Å². The highest BCUT2D eigenvalue weighted by molar-refractivity contribution is 14.0. The molecular weight excluding hydrogens is 407 g/mol. The minimum atomic E-state index is -0.0599. The Kier molecular flexibility index (Phi) is 8.93. The molecule has 1 heterocycles. The Labute approximate surface area is 154 Å². The maximum absolute atomic E-state index is 12.2. The second-order valence-corrected chi connectivity index (χ2v) is 5.22. The van der Waals surface area contributed by atoms with E-state index in [9.17, 15) is 4.79 Å². The Hall–Kier alpha value is -1.35.